The Morgan fingerprint density at radius 1 is 1.69 bits per heavy atom. The minimum atomic E-state index is 0.0400. The van der Waals surface area contributed by atoms with E-state index < -0.39 is 0 Å². The van der Waals surface area contributed by atoms with E-state index in [4.69, 9.17) is 4.74 Å². The van der Waals surface area contributed by atoms with Gasteiger partial charge in [0.2, 0.25) is 0 Å². The monoisotopic (exact) mass is 284 g/mol. The summed E-state index contributed by atoms with van der Waals surface area (Å²) in [5.74, 6) is 0.0400. The number of aromatic nitrogens is 1. The van der Waals surface area contributed by atoms with Gasteiger partial charge in [0.25, 0.3) is 5.91 Å². The second-order valence-corrected chi connectivity index (χ2v) is 4.61. The highest BCUT2D eigenvalue weighted by atomic mass is 79.9. The molecule has 0 bridgehead atoms. The molecule has 1 aliphatic rings. The van der Waals surface area contributed by atoms with Gasteiger partial charge >= 0.3 is 0 Å². The minimum Gasteiger partial charge on any atom is -0.375 e. The van der Waals surface area contributed by atoms with E-state index in [2.05, 4.69) is 20.9 Å². The molecule has 0 spiro atoms. The molecule has 16 heavy (non-hydrogen) atoms. The molecule has 1 amide bonds. The van der Waals surface area contributed by atoms with E-state index in [9.17, 15) is 4.79 Å². The van der Waals surface area contributed by atoms with Crippen LogP contribution in [-0.2, 0) is 4.74 Å². The molecule has 1 fully saturated rings. The average Bonchev–Trinajstić information content (AvgIpc) is 2.28. The summed E-state index contributed by atoms with van der Waals surface area (Å²) in [6.07, 6.45) is 1.74. The molecule has 0 radical (unpaired) electrons. The highest BCUT2D eigenvalue weighted by Crippen LogP contribution is 2.13. The number of carbonyl (C=O) groups excluding carboxylic acids is 1. The van der Waals surface area contributed by atoms with Crippen molar-refractivity contribution in [2.75, 3.05) is 19.7 Å². The third kappa shape index (κ3) is 2.59. The lowest BCUT2D eigenvalue weighted by atomic mass is 10.2. The summed E-state index contributed by atoms with van der Waals surface area (Å²) in [7, 11) is 0. The highest BCUT2D eigenvalue weighted by Gasteiger charge is 2.22. The Kier molecular flexibility index (Phi) is 3.56. The first kappa shape index (κ1) is 11.5. The summed E-state index contributed by atoms with van der Waals surface area (Å²) in [5.41, 5.74) is 0.663. The van der Waals surface area contributed by atoms with Crippen LogP contribution in [0.4, 0.5) is 0 Å². The second-order valence-electron chi connectivity index (χ2n) is 3.80. The van der Waals surface area contributed by atoms with Gasteiger partial charge in [-0.1, -0.05) is 0 Å². The van der Waals surface area contributed by atoms with Crippen molar-refractivity contribution in [1.82, 2.24) is 9.88 Å². The molecular weight excluding hydrogens is 272 g/mol. The third-order valence-electron chi connectivity index (χ3n) is 2.50. The maximum Gasteiger partial charge on any atom is 0.254 e. The maximum absolute atomic E-state index is 12.1. The smallest absolute Gasteiger partial charge is 0.254 e. The summed E-state index contributed by atoms with van der Waals surface area (Å²) < 4.78 is 6.08. The predicted molar refractivity (Wildman–Crippen MR) is 63.3 cm³/mol. The zero-order valence-corrected chi connectivity index (χ0v) is 10.6. The quantitative estimate of drug-likeness (QED) is 0.738. The summed E-state index contributed by atoms with van der Waals surface area (Å²) in [6, 6.07) is 3.47. The largest absolute Gasteiger partial charge is 0.375 e. The Labute approximate surface area is 103 Å². The average molecular weight is 285 g/mol. The van der Waals surface area contributed by atoms with Gasteiger partial charge in [-0.25, -0.2) is 4.98 Å². The van der Waals surface area contributed by atoms with Crippen LogP contribution in [0.15, 0.2) is 22.9 Å². The van der Waals surface area contributed by atoms with E-state index in [0.717, 1.165) is 0 Å². The number of amides is 1. The molecular formula is C11H13BrN2O2. The molecule has 86 valence electrons. The van der Waals surface area contributed by atoms with Gasteiger partial charge in [-0.05, 0) is 35.0 Å². The van der Waals surface area contributed by atoms with Crippen LogP contribution < -0.4 is 0 Å². The number of hydrogen-bond donors (Lipinski definition) is 0. The molecule has 4 nitrogen and oxygen atoms in total. The molecule has 2 rings (SSSR count). The summed E-state index contributed by atoms with van der Waals surface area (Å²) in [6.45, 7) is 3.89. The predicted octanol–water partition coefficient (Wildman–Crippen LogP) is 1.71. The van der Waals surface area contributed by atoms with Gasteiger partial charge in [-0.15, -0.1) is 0 Å². The maximum atomic E-state index is 12.1. The minimum absolute atomic E-state index is 0.0400. The van der Waals surface area contributed by atoms with Crippen LogP contribution >= 0.6 is 15.9 Å². The normalized spacial score (nSPS) is 20.9. The van der Waals surface area contributed by atoms with Crippen molar-refractivity contribution in [3.05, 3.63) is 28.5 Å². The van der Waals surface area contributed by atoms with Gasteiger partial charge in [0.05, 0.1) is 12.7 Å². The summed E-state index contributed by atoms with van der Waals surface area (Å²) in [4.78, 5) is 17.9. The Hall–Kier alpha value is -0.940. The lowest BCUT2D eigenvalue weighted by Gasteiger charge is -2.31. The van der Waals surface area contributed by atoms with Crippen molar-refractivity contribution in [2.45, 2.75) is 13.0 Å². The van der Waals surface area contributed by atoms with Crippen molar-refractivity contribution < 1.29 is 9.53 Å². The molecule has 1 atom stereocenters. The standard InChI is InChI=1S/C11H13BrN2O2/c1-8-7-14(4-5-16-8)11(15)9-2-3-13-10(12)6-9/h2-3,6,8H,4-5,7H2,1H3. The summed E-state index contributed by atoms with van der Waals surface area (Å²) in [5, 5.41) is 0. The number of carbonyl (C=O) groups is 1. The van der Waals surface area contributed by atoms with Crippen LogP contribution in [0.3, 0.4) is 0 Å². The number of halogens is 1. The Morgan fingerprint density at radius 2 is 2.50 bits per heavy atom. The molecule has 0 saturated carbocycles. The van der Waals surface area contributed by atoms with E-state index in [1.165, 1.54) is 0 Å². The van der Waals surface area contributed by atoms with E-state index >= 15 is 0 Å². The third-order valence-corrected chi connectivity index (χ3v) is 2.94. The van der Waals surface area contributed by atoms with Crippen LogP contribution in [0.1, 0.15) is 17.3 Å². The fraction of sp³-hybridized carbons (Fsp3) is 0.455. The molecule has 5 heteroatoms. The van der Waals surface area contributed by atoms with Crippen LogP contribution in [0, 0.1) is 0 Å². The van der Waals surface area contributed by atoms with E-state index in [0.29, 0.717) is 29.9 Å². The molecule has 2 heterocycles. The first-order chi connectivity index (χ1) is 7.66. The van der Waals surface area contributed by atoms with Crippen LogP contribution in [0.25, 0.3) is 0 Å². The first-order valence-electron chi connectivity index (χ1n) is 5.19. The van der Waals surface area contributed by atoms with Gasteiger partial charge in [0, 0.05) is 24.8 Å². The van der Waals surface area contributed by atoms with Crippen molar-refractivity contribution in [2.24, 2.45) is 0 Å². The van der Waals surface area contributed by atoms with Crippen molar-refractivity contribution >= 4 is 21.8 Å². The van der Waals surface area contributed by atoms with Crippen LogP contribution in [-0.4, -0.2) is 41.6 Å². The van der Waals surface area contributed by atoms with Crippen molar-refractivity contribution in [3.8, 4) is 0 Å². The van der Waals surface area contributed by atoms with Crippen LogP contribution in [0.5, 0.6) is 0 Å². The number of pyridine rings is 1. The number of ether oxygens (including phenoxy) is 1. The number of rotatable bonds is 1. The number of morpholine rings is 1. The topological polar surface area (TPSA) is 42.4 Å². The van der Waals surface area contributed by atoms with Gasteiger partial charge < -0.3 is 9.64 Å². The van der Waals surface area contributed by atoms with Gasteiger partial charge in [0.1, 0.15) is 4.60 Å². The van der Waals surface area contributed by atoms with E-state index in [-0.39, 0.29) is 12.0 Å². The second kappa shape index (κ2) is 4.93. The Bertz CT molecular complexity index is 397. The molecule has 0 aromatic carbocycles. The van der Waals surface area contributed by atoms with E-state index in [1.54, 1.807) is 18.3 Å². The van der Waals surface area contributed by atoms with Gasteiger partial charge in [0.15, 0.2) is 0 Å². The highest BCUT2D eigenvalue weighted by molar-refractivity contribution is 9.10. The number of hydrogen-bond acceptors (Lipinski definition) is 3. The molecule has 1 aromatic rings. The molecule has 1 unspecified atom stereocenters. The van der Waals surface area contributed by atoms with Crippen molar-refractivity contribution in [1.29, 1.82) is 0 Å². The Balaban J connectivity index is 2.12. The molecule has 0 N–H and O–H groups in total. The zero-order chi connectivity index (χ0) is 11.5. The molecule has 1 aliphatic heterocycles. The lowest BCUT2D eigenvalue weighted by molar-refractivity contribution is -0.0124. The van der Waals surface area contributed by atoms with E-state index in [1.807, 2.05) is 11.8 Å². The fourth-order valence-electron chi connectivity index (χ4n) is 1.72. The van der Waals surface area contributed by atoms with Gasteiger partial charge in [-0.2, -0.15) is 0 Å². The molecule has 1 saturated heterocycles. The SMILES string of the molecule is CC1CN(C(=O)c2ccnc(Br)c2)CCO1. The first-order valence-corrected chi connectivity index (χ1v) is 5.98. The van der Waals surface area contributed by atoms with Crippen molar-refractivity contribution in [3.63, 3.8) is 0 Å². The Morgan fingerprint density at radius 3 is 3.19 bits per heavy atom. The summed E-state index contributed by atoms with van der Waals surface area (Å²) >= 11 is 3.26. The van der Waals surface area contributed by atoms with Gasteiger partial charge in [-0.3, -0.25) is 4.79 Å². The lowest BCUT2D eigenvalue weighted by Crippen LogP contribution is -2.44. The fourth-order valence-corrected chi connectivity index (χ4v) is 2.09. The zero-order valence-electron chi connectivity index (χ0n) is 9.02. The molecule has 0 aliphatic carbocycles. The van der Waals surface area contributed by atoms with Crippen LogP contribution in [0.2, 0.25) is 0 Å². The molecule has 1 aromatic heterocycles. The number of nitrogens with zero attached hydrogens (tertiary/aromatic N) is 2.